The fourth-order valence-electron chi connectivity index (χ4n) is 1.84. The van der Waals surface area contributed by atoms with Crippen molar-refractivity contribution in [1.82, 2.24) is 30.5 Å². The Morgan fingerprint density at radius 2 is 2.24 bits per heavy atom. The van der Waals surface area contributed by atoms with Crippen LogP contribution in [0.5, 0.6) is 5.75 Å². The molecule has 1 N–H and O–H groups in total. The lowest BCUT2D eigenvalue weighted by atomic mass is 10.3. The van der Waals surface area contributed by atoms with Gasteiger partial charge in [-0.15, -0.1) is 5.10 Å². The van der Waals surface area contributed by atoms with Crippen molar-refractivity contribution >= 4 is 11.8 Å². The fraction of sp³-hybridized carbons (Fsp3) is 0.538. The van der Waals surface area contributed by atoms with Crippen LogP contribution >= 0.6 is 11.8 Å². The molecular formula is C13H20N6OS. The summed E-state index contributed by atoms with van der Waals surface area (Å²) >= 11 is 1.57. The SMILES string of the molecule is CCNCCn1nnnc1SCc1cc(OC)cc(C)n1. The Morgan fingerprint density at radius 3 is 3.00 bits per heavy atom. The Morgan fingerprint density at radius 1 is 1.38 bits per heavy atom. The molecule has 0 atom stereocenters. The van der Waals surface area contributed by atoms with Crippen molar-refractivity contribution < 1.29 is 4.74 Å². The van der Waals surface area contributed by atoms with Crippen LogP contribution in [0.2, 0.25) is 0 Å². The first-order chi connectivity index (χ1) is 10.2. The second-order valence-corrected chi connectivity index (χ2v) is 5.41. The standard InChI is InChI=1S/C13H20N6OS/c1-4-14-5-6-19-13(16-17-18-19)21-9-11-8-12(20-3)7-10(2)15-11/h7-8,14H,4-6,9H2,1-3H3. The number of likely N-dealkylation sites (N-methyl/N-ethyl adjacent to an activating group) is 1. The van der Waals surface area contributed by atoms with Gasteiger partial charge >= 0.3 is 0 Å². The Balaban J connectivity index is 1.97. The molecule has 0 saturated heterocycles. The van der Waals surface area contributed by atoms with E-state index in [9.17, 15) is 0 Å². The highest BCUT2D eigenvalue weighted by Gasteiger charge is 2.08. The van der Waals surface area contributed by atoms with E-state index in [0.29, 0.717) is 5.75 Å². The van der Waals surface area contributed by atoms with Gasteiger partial charge in [0.15, 0.2) is 0 Å². The lowest BCUT2D eigenvalue weighted by Crippen LogP contribution is -2.20. The molecule has 0 bridgehead atoms. The van der Waals surface area contributed by atoms with E-state index >= 15 is 0 Å². The van der Waals surface area contributed by atoms with Crippen LogP contribution in [0.15, 0.2) is 17.3 Å². The number of aromatic nitrogens is 5. The summed E-state index contributed by atoms with van der Waals surface area (Å²) in [6, 6.07) is 3.85. The number of nitrogens with one attached hydrogen (secondary N) is 1. The molecule has 7 nitrogen and oxygen atoms in total. The smallest absolute Gasteiger partial charge is 0.209 e. The van der Waals surface area contributed by atoms with E-state index in [1.54, 1.807) is 23.6 Å². The summed E-state index contributed by atoms with van der Waals surface area (Å²) in [5, 5.41) is 15.8. The van der Waals surface area contributed by atoms with Crippen molar-refractivity contribution in [3.05, 3.63) is 23.5 Å². The predicted molar refractivity (Wildman–Crippen MR) is 81.4 cm³/mol. The summed E-state index contributed by atoms with van der Waals surface area (Å²) in [4.78, 5) is 4.50. The van der Waals surface area contributed by atoms with Crippen molar-refractivity contribution in [2.75, 3.05) is 20.2 Å². The largest absolute Gasteiger partial charge is 0.497 e. The van der Waals surface area contributed by atoms with E-state index < -0.39 is 0 Å². The fourth-order valence-corrected chi connectivity index (χ4v) is 2.63. The monoisotopic (exact) mass is 308 g/mol. The molecule has 0 radical (unpaired) electrons. The van der Waals surface area contributed by atoms with Crippen LogP contribution in [0.1, 0.15) is 18.3 Å². The Hall–Kier alpha value is -1.67. The Bertz CT molecular complexity index is 574. The number of rotatable bonds is 8. The number of tetrazole rings is 1. The summed E-state index contributed by atoms with van der Waals surface area (Å²) < 4.78 is 7.06. The number of nitrogens with zero attached hydrogens (tertiary/aromatic N) is 5. The van der Waals surface area contributed by atoms with Crippen LogP contribution in [-0.4, -0.2) is 45.4 Å². The molecule has 0 saturated carbocycles. The van der Waals surface area contributed by atoms with Gasteiger partial charge in [-0.1, -0.05) is 18.7 Å². The minimum atomic E-state index is 0.708. The predicted octanol–water partition coefficient (Wildman–Crippen LogP) is 1.29. The topological polar surface area (TPSA) is 77.8 Å². The van der Waals surface area contributed by atoms with Gasteiger partial charge < -0.3 is 10.1 Å². The zero-order valence-electron chi connectivity index (χ0n) is 12.5. The summed E-state index contributed by atoms with van der Waals surface area (Å²) in [6.07, 6.45) is 0. The number of aryl methyl sites for hydroxylation is 1. The second-order valence-electron chi connectivity index (χ2n) is 4.47. The minimum Gasteiger partial charge on any atom is -0.497 e. The van der Waals surface area contributed by atoms with Crippen molar-refractivity contribution in [3.63, 3.8) is 0 Å². The lowest BCUT2D eigenvalue weighted by molar-refractivity contribution is 0.413. The molecule has 21 heavy (non-hydrogen) atoms. The molecule has 0 fully saturated rings. The molecule has 0 amide bonds. The van der Waals surface area contributed by atoms with Crippen LogP contribution in [0.25, 0.3) is 0 Å². The van der Waals surface area contributed by atoms with E-state index in [1.807, 2.05) is 19.1 Å². The second kappa shape index (κ2) is 7.94. The van der Waals surface area contributed by atoms with Gasteiger partial charge in [-0.3, -0.25) is 4.98 Å². The molecule has 0 unspecified atom stereocenters. The molecule has 2 heterocycles. The summed E-state index contributed by atoms with van der Waals surface area (Å²) in [5.74, 6) is 1.53. The highest BCUT2D eigenvalue weighted by atomic mass is 32.2. The molecule has 0 spiro atoms. The summed E-state index contributed by atoms with van der Waals surface area (Å²) in [6.45, 7) is 6.58. The van der Waals surface area contributed by atoms with E-state index in [-0.39, 0.29) is 0 Å². The number of hydrogen-bond acceptors (Lipinski definition) is 7. The highest BCUT2D eigenvalue weighted by Crippen LogP contribution is 2.21. The quantitative estimate of drug-likeness (QED) is 0.581. The average molecular weight is 308 g/mol. The number of methoxy groups -OCH3 is 1. The van der Waals surface area contributed by atoms with E-state index in [0.717, 1.165) is 41.9 Å². The van der Waals surface area contributed by atoms with E-state index in [1.165, 1.54) is 0 Å². The van der Waals surface area contributed by atoms with Crippen molar-refractivity contribution in [2.24, 2.45) is 0 Å². The molecule has 114 valence electrons. The molecular weight excluding hydrogens is 288 g/mol. The van der Waals surface area contributed by atoms with Gasteiger partial charge in [0.2, 0.25) is 5.16 Å². The number of ether oxygens (including phenoxy) is 1. The highest BCUT2D eigenvalue weighted by molar-refractivity contribution is 7.98. The van der Waals surface area contributed by atoms with Crippen LogP contribution in [-0.2, 0) is 12.3 Å². The normalized spacial score (nSPS) is 10.8. The first kappa shape index (κ1) is 15.7. The first-order valence-electron chi connectivity index (χ1n) is 6.84. The van der Waals surface area contributed by atoms with Gasteiger partial charge in [0.1, 0.15) is 5.75 Å². The maximum absolute atomic E-state index is 5.26. The van der Waals surface area contributed by atoms with Crippen molar-refractivity contribution in [2.45, 2.75) is 31.3 Å². The average Bonchev–Trinajstić information content (AvgIpc) is 2.92. The van der Waals surface area contributed by atoms with Gasteiger partial charge in [-0.25, -0.2) is 4.68 Å². The third-order valence-corrected chi connectivity index (χ3v) is 3.80. The van der Waals surface area contributed by atoms with Gasteiger partial charge in [0, 0.05) is 30.1 Å². The zero-order chi connectivity index (χ0) is 15.1. The molecule has 2 aromatic rings. The molecule has 8 heteroatoms. The molecule has 0 aliphatic carbocycles. The van der Waals surface area contributed by atoms with Gasteiger partial charge in [-0.05, 0) is 23.9 Å². The minimum absolute atomic E-state index is 0.708. The van der Waals surface area contributed by atoms with Crippen LogP contribution in [0, 0.1) is 6.92 Å². The van der Waals surface area contributed by atoms with Gasteiger partial charge in [0.05, 0.1) is 19.3 Å². The van der Waals surface area contributed by atoms with E-state index in [4.69, 9.17) is 4.74 Å². The van der Waals surface area contributed by atoms with Gasteiger partial charge in [0.25, 0.3) is 0 Å². The van der Waals surface area contributed by atoms with Crippen molar-refractivity contribution in [3.8, 4) is 5.75 Å². The van der Waals surface area contributed by atoms with Crippen molar-refractivity contribution in [1.29, 1.82) is 0 Å². The molecule has 2 rings (SSSR count). The zero-order valence-corrected chi connectivity index (χ0v) is 13.4. The van der Waals surface area contributed by atoms with Crippen LogP contribution in [0.3, 0.4) is 0 Å². The van der Waals surface area contributed by atoms with E-state index in [2.05, 4.69) is 32.7 Å². The lowest BCUT2D eigenvalue weighted by Gasteiger charge is -2.06. The Labute approximate surface area is 128 Å². The van der Waals surface area contributed by atoms with Crippen LogP contribution in [0.4, 0.5) is 0 Å². The molecule has 0 aliphatic heterocycles. The maximum atomic E-state index is 5.26. The number of thioether (sulfide) groups is 1. The first-order valence-corrected chi connectivity index (χ1v) is 7.82. The molecule has 0 aromatic carbocycles. The maximum Gasteiger partial charge on any atom is 0.209 e. The van der Waals surface area contributed by atoms with Crippen LogP contribution < -0.4 is 10.1 Å². The summed E-state index contributed by atoms with van der Waals surface area (Å²) in [7, 11) is 1.66. The summed E-state index contributed by atoms with van der Waals surface area (Å²) in [5.41, 5.74) is 1.90. The third-order valence-electron chi connectivity index (χ3n) is 2.81. The molecule has 2 aromatic heterocycles. The number of hydrogen-bond donors (Lipinski definition) is 1. The third kappa shape index (κ3) is 4.68. The molecule has 0 aliphatic rings. The number of pyridine rings is 1. The Kier molecular flexibility index (Phi) is 5.94. The van der Waals surface area contributed by atoms with Gasteiger partial charge in [-0.2, -0.15) is 0 Å².